The van der Waals surface area contributed by atoms with Crippen molar-refractivity contribution in [2.24, 2.45) is 0 Å². The molecule has 1 aromatic carbocycles. The van der Waals surface area contributed by atoms with Gasteiger partial charge in [0.05, 0.1) is 10.7 Å². The van der Waals surface area contributed by atoms with Gasteiger partial charge in [0.15, 0.2) is 0 Å². The SMILES string of the molecule is CCC1(C)CN(c2c(F)cccc2Cl)CCCN1. The molecular weight excluding hydrogens is 251 g/mol. The summed E-state index contributed by atoms with van der Waals surface area (Å²) in [7, 11) is 0. The van der Waals surface area contributed by atoms with Crippen LogP contribution in [0.4, 0.5) is 10.1 Å². The van der Waals surface area contributed by atoms with Crippen LogP contribution in [-0.4, -0.2) is 25.2 Å². The molecule has 2 nitrogen and oxygen atoms in total. The molecule has 4 heteroatoms. The molecule has 1 saturated heterocycles. The van der Waals surface area contributed by atoms with Gasteiger partial charge >= 0.3 is 0 Å². The molecule has 1 fully saturated rings. The Hall–Kier alpha value is -0.800. The zero-order valence-corrected chi connectivity index (χ0v) is 11.7. The normalized spacial score (nSPS) is 25.0. The highest BCUT2D eigenvalue weighted by Gasteiger charge is 2.29. The lowest BCUT2D eigenvalue weighted by Gasteiger charge is -2.34. The van der Waals surface area contributed by atoms with E-state index in [2.05, 4.69) is 24.1 Å². The van der Waals surface area contributed by atoms with Crippen molar-refractivity contribution in [1.29, 1.82) is 0 Å². The van der Waals surface area contributed by atoms with Gasteiger partial charge < -0.3 is 10.2 Å². The highest BCUT2D eigenvalue weighted by atomic mass is 35.5. The lowest BCUT2D eigenvalue weighted by atomic mass is 9.98. The van der Waals surface area contributed by atoms with Gasteiger partial charge in [0, 0.05) is 18.6 Å². The van der Waals surface area contributed by atoms with Gasteiger partial charge in [-0.3, -0.25) is 0 Å². The third-order valence-electron chi connectivity index (χ3n) is 3.73. The van der Waals surface area contributed by atoms with Crippen LogP contribution in [0.1, 0.15) is 26.7 Å². The largest absolute Gasteiger partial charge is 0.366 e. The van der Waals surface area contributed by atoms with Crippen molar-refractivity contribution in [3.05, 3.63) is 29.0 Å². The second-order valence-electron chi connectivity index (χ2n) is 5.19. The molecule has 1 atom stereocenters. The first kappa shape index (κ1) is 13.6. The molecule has 1 N–H and O–H groups in total. The number of halogens is 2. The van der Waals surface area contributed by atoms with E-state index in [-0.39, 0.29) is 11.4 Å². The first-order chi connectivity index (χ1) is 8.56. The molecule has 100 valence electrons. The monoisotopic (exact) mass is 270 g/mol. The van der Waals surface area contributed by atoms with E-state index in [4.69, 9.17) is 11.6 Å². The van der Waals surface area contributed by atoms with Crippen molar-refractivity contribution >= 4 is 17.3 Å². The van der Waals surface area contributed by atoms with Crippen LogP contribution in [0.25, 0.3) is 0 Å². The lowest BCUT2D eigenvalue weighted by Crippen LogP contribution is -2.48. The Kier molecular flexibility index (Phi) is 4.13. The van der Waals surface area contributed by atoms with E-state index >= 15 is 0 Å². The molecular formula is C14H20ClFN2. The standard InChI is InChI=1S/C14H20ClFN2/c1-3-14(2)10-18(9-5-8-17-14)13-11(15)6-4-7-12(13)16/h4,6-7,17H,3,5,8-10H2,1-2H3. The van der Waals surface area contributed by atoms with Gasteiger partial charge in [-0.25, -0.2) is 4.39 Å². The Morgan fingerprint density at radius 2 is 2.28 bits per heavy atom. The zero-order chi connectivity index (χ0) is 13.2. The van der Waals surface area contributed by atoms with Crippen molar-refractivity contribution in [3.63, 3.8) is 0 Å². The predicted octanol–water partition coefficient (Wildman–Crippen LogP) is 3.45. The predicted molar refractivity (Wildman–Crippen MR) is 74.9 cm³/mol. The number of benzene rings is 1. The lowest BCUT2D eigenvalue weighted by molar-refractivity contribution is 0.366. The fourth-order valence-corrected chi connectivity index (χ4v) is 2.72. The van der Waals surface area contributed by atoms with Crippen LogP contribution in [0.2, 0.25) is 5.02 Å². The van der Waals surface area contributed by atoms with Crippen molar-refractivity contribution in [2.45, 2.75) is 32.2 Å². The number of hydrogen-bond acceptors (Lipinski definition) is 2. The number of nitrogens with zero attached hydrogens (tertiary/aromatic N) is 1. The van der Waals surface area contributed by atoms with E-state index < -0.39 is 0 Å². The van der Waals surface area contributed by atoms with Crippen LogP contribution < -0.4 is 10.2 Å². The van der Waals surface area contributed by atoms with Gasteiger partial charge in [0.2, 0.25) is 0 Å². The van der Waals surface area contributed by atoms with E-state index in [9.17, 15) is 4.39 Å². The van der Waals surface area contributed by atoms with E-state index in [0.29, 0.717) is 10.7 Å². The Morgan fingerprint density at radius 3 is 2.94 bits per heavy atom. The average molecular weight is 271 g/mol. The van der Waals surface area contributed by atoms with E-state index in [1.165, 1.54) is 6.07 Å². The summed E-state index contributed by atoms with van der Waals surface area (Å²) in [6.45, 7) is 6.92. The highest BCUT2D eigenvalue weighted by molar-refractivity contribution is 6.33. The number of rotatable bonds is 2. The van der Waals surface area contributed by atoms with E-state index in [1.54, 1.807) is 12.1 Å². The molecule has 2 rings (SSSR count). The molecule has 0 aromatic heterocycles. The minimum absolute atomic E-state index is 0.0160. The molecule has 1 unspecified atom stereocenters. The summed E-state index contributed by atoms with van der Waals surface area (Å²) in [4.78, 5) is 2.07. The molecule has 0 amide bonds. The average Bonchev–Trinajstić information content (AvgIpc) is 2.52. The highest BCUT2D eigenvalue weighted by Crippen LogP contribution is 2.31. The third-order valence-corrected chi connectivity index (χ3v) is 4.04. The van der Waals surface area contributed by atoms with Crippen LogP contribution in [0, 0.1) is 5.82 Å². The Balaban J connectivity index is 2.31. The maximum Gasteiger partial charge on any atom is 0.148 e. The molecule has 1 heterocycles. The summed E-state index contributed by atoms with van der Waals surface area (Å²) in [6, 6.07) is 4.88. The molecule has 0 saturated carbocycles. The molecule has 0 bridgehead atoms. The van der Waals surface area contributed by atoms with Crippen LogP contribution in [0.15, 0.2) is 18.2 Å². The van der Waals surface area contributed by atoms with Gasteiger partial charge in [0.1, 0.15) is 5.82 Å². The Bertz CT molecular complexity index is 404. The topological polar surface area (TPSA) is 15.3 Å². The van der Waals surface area contributed by atoms with E-state index in [0.717, 1.165) is 32.5 Å². The van der Waals surface area contributed by atoms with Gasteiger partial charge in [0.25, 0.3) is 0 Å². The van der Waals surface area contributed by atoms with Crippen LogP contribution in [-0.2, 0) is 0 Å². The summed E-state index contributed by atoms with van der Waals surface area (Å²) < 4.78 is 14.0. The molecule has 18 heavy (non-hydrogen) atoms. The maximum absolute atomic E-state index is 14.0. The summed E-state index contributed by atoms with van der Waals surface area (Å²) in [5, 5.41) is 4.03. The van der Waals surface area contributed by atoms with E-state index in [1.807, 2.05) is 0 Å². The van der Waals surface area contributed by atoms with Crippen molar-refractivity contribution in [2.75, 3.05) is 24.5 Å². The van der Waals surface area contributed by atoms with Crippen LogP contribution in [0.3, 0.4) is 0 Å². The smallest absolute Gasteiger partial charge is 0.148 e. The fourth-order valence-electron chi connectivity index (χ4n) is 2.44. The second kappa shape index (κ2) is 5.45. The third kappa shape index (κ3) is 2.78. The summed E-state index contributed by atoms with van der Waals surface area (Å²) in [5.74, 6) is -0.233. The summed E-state index contributed by atoms with van der Waals surface area (Å²) in [6.07, 6.45) is 2.01. The van der Waals surface area contributed by atoms with Gasteiger partial charge in [-0.05, 0) is 38.4 Å². The molecule has 0 spiro atoms. The number of nitrogens with one attached hydrogen (secondary N) is 1. The minimum Gasteiger partial charge on any atom is -0.366 e. The Labute approximate surface area is 113 Å². The zero-order valence-electron chi connectivity index (χ0n) is 11.0. The number of hydrogen-bond donors (Lipinski definition) is 1. The maximum atomic E-state index is 14.0. The first-order valence-corrected chi connectivity index (χ1v) is 6.87. The van der Waals surface area contributed by atoms with Crippen LogP contribution >= 0.6 is 11.6 Å². The minimum atomic E-state index is -0.233. The molecule has 0 radical (unpaired) electrons. The summed E-state index contributed by atoms with van der Waals surface area (Å²) >= 11 is 6.15. The quantitative estimate of drug-likeness (QED) is 0.886. The number of para-hydroxylation sites is 1. The first-order valence-electron chi connectivity index (χ1n) is 6.50. The fraction of sp³-hybridized carbons (Fsp3) is 0.571. The molecule has 1 aliphatic heterocycles. The molecule has 1 aromatic rings. The molecule has 0 aliphatic carbocycles. The van der Waals surface area contributed by atoms with Gasteiger partial charge in [-0.1, -0.05) is 24.6 Å². The summed E-state index contributed by atoms with van der Waals surface area (Å²) in [5.41, 5.74) is 0.560. The van der Waals surface area contributed by atoms with Gasteiger partial charge in [-0.15, -0.1) is 0 Å². The van der Waals surface area contributed by atoms with Crippen molar-refractivity contribution in [3.8, 4) is 0 Å². The number of anilines is 1. The second-order valence-corrected chi connectivity index (χ2v) is 5.59. The molecule has 1 aliphatic rings. The van der Waals surface area contributed by atoms with Gasteiger partial charge in [-0.2, -0.15) is 0 Å². The van der Waals surface area contributed by atoms with Crippen LogP contribution in [0.5, 0.6) is 0 Å². The van der Waals surface area contributed by atoms with Crippen molar-refractivity contribution in [1.82, 2.24) is 5.32 Å². The Morgan fingerprint density at radius 1 is 1.50 bits per heavy atom. The van der Waals surface area contributed by atoms with Crippen molar-refractivity contribution < 1.29 is 4.39 Å².